The van der Waals surface area contributed by atoms with Crippen LogP contribution in [0, 0.1) is 5.82 Å². The van der Waals surface area contributed by atoms with Crippen LogP contribution >= 0.6 is 23.2 Å². The van der Waals surface area contributed by atoms with Crippen LogP contribution in [-0.4, -0.2) is 23.1 Å². The van der Waals surface area contributed by atoms with Crippen molar-refractivity contribution in [3.63, 3.8) is 0 Å². The number of fused-ring (bicyclic) bond motifs is 1. The molecule has 1 aliphatic rings. The number of benzene rings is 2. The highest BCUT2D eigenvalue weighted by molar-refractivity contribution is 6.43. The molecule has 128 valence electrons. The molecule has 1 saturated heterocycles. The molecule has 1 aliphatic heterocycles. The van der Waals surface area contributed by atoms with E-state index in [1.807, 2.05) is 0 Å². The first kappa shape index (κ1) is 16.6. The van der Waals surface area contributed by atoms with Gasteiger partial charge in [0.15, 0.2) is 0 Å². The summed E-state index contributed by atoms with van der Waals surface area (Å²) in [5.41, 5.74) is 1.44. The number of piperidine rings is 1. The van der Waals surface area contributed by atoms with Gasteiger partial charge in [-0.2, -0.15) is 0 Å². The summed E-state index contributed by atoms with van der Waals surface area (Å²) in [4.78, 5) is 11.0. The Hall–Kier alpha value is -1.91. The quantitative estimate of drug-likeness (QED) is 0.572. The monoisotopic (exact) mass is 375 g/mol. The van der Waals surface area contributed by atoms with Gasteiger partial charge in [-0.25, -0.2) is 14.4 Å². The van der Waals surface area contributed by atoms with Crippen LogP contribution in [0.15, 0.2) is 36.7 Å². The number of anilines is 1. The second-order valence-electron chi connectivity index (χ2n) is 6.17. The van der Waals surface area contributed by atoms with Crippen molar-refractivity contribution in [3.8, 4) is 11.1 Å². The Bertz CT molecular complexity index is 939. The third kappa shape index (κ3) is 2.94. The Labute approximate surface area is 155 Å². The van der Waals surface area contributed by atoms with E-state index in [0.29, 0.717) is 26.7 Å². The maximum atomic E-state index is 14.2. The van der Waals surface area contributed by atoms with Crippen molar-refractivity contribution in [2.75, 3.05) is 18.0 Å². The van der Waals surface area contributed by atoms with E-state index in [-0.39, 0.29) is 5.82 Å². The molecule has 0 N–H and O–H groups in total. The minimum Gasteiger partial charge on any atom is -0.356 e. The first-order valence-electron chi connectivity index (χ1n) is 8.29. The van der Waals surface area contributed by atoms with Crippen molar-refractivity contribution in [1.82, 2.24) is 9.97 Å². The number of hydrogen-bond acceptors (Lipinski definition) is 3. The molecule has 0 amide bonds. The van der Waals surface area contributed by atoms with Crippen molar-refractivity contribution in [3.05, 3.63) is 52.5 Å². The lowest BCUT2D eigenvalue weighted by molar-refractivity contribution is 0.574. The van der Waals surface area contributed by atoms with E-state index in [1.54, 1.807) is 24.3 Å². The minimum absolute atomic E-state index is 0.355. The highest BCUT2D eigenvalue weighted by Crippen LogP contribution is 2.42. The fourth-order valence-electron chi connectivity index (χ4n) is 3.38. The van der Waals surface area contributed by atoms with Gasteiger partial charge in [0.2, 0.25) is 0 Å². The Morgan fingerprint density at radius 1 is 1.00 bits per heavy atom. The zero-order valence-corrected chi connectivity index (χ0v) is 15.0. The minimum atomic E-state index is -0.365. The lowest BCUT2D eigenvalue weighted by Gasteiger charge is -2.28. The molecular formula is C19H16Cl2FN3. The summed E-state index contributed by atoms with van der Waals surface area (Å²) in [5.74, 6) is 0.476. The van der Waals surface area contributed by atoms with Gasteiger partial charge in [-0.1, -0.05) is 41.4 Å². The number of hydrogen-bond donors (Lipinski definition) is 0. The normalized spacial score (nSPS) is 14.9. The van der Waals surface area contributed by atoms with Gasteiger partial charge in [0.05, 0.1) is 15.6 Å². The van der Waals surface area contributed by atoms with E-state index < -0.39 is 0 Å². The van der Waals surface area contributed by atoms with Gasteiger partial charge in [0.1, 0.15) is 18.0 Å². The van der Waals surface area contributed by atoms with Crippen LogP contribution in [0.4, 0.5) is 10.2 Å². The standard InChI is InChI=1S/C19H16Cl2FN3/c20-14-10-13-18(17(21)16(14)12-6-2-3-7-15(12)22)23-11-24-19(13)25-8-4-1-5-9-25/h2-3,6-7,10-11H,1,4-5,8-9H2. The number of nitrogens with zero attached hydrogens (tertiary/aromatic N) is 3. The molecule has 0 unspecified atom stereocenters. The summed E-state index contributed by atoms with van der Waals surface area (Å²) in [6.45, 7) is 1.91. The topological polar surface area (TPSA) is 29.0 Å². The van der Waals surface area contributed by atoms with Crippen molar-refractivity contribution in [1.29, 1.82) is 0 Å². The Morgan fingerprint density at radius 2 is 1.76 bits per heavy atom. The van der Waals surface area contributed by atoms with Gasteiger partial charge in [-0.15, -0.1) is 0 Å². The number of aromatic nitrogens is 2. The van der Waals surface area contributed by atoms with Crippen molar-refractivity contribution < 1.29 is 4.39 Å². The summed E-state index contributed by atoms with van der Waals surface area (Å²) in [6.07, 6.45) is 5.02. The first-order valence-corrected chi connectivity index (χ1v) is 9.05. The van der Waals surface area contributed by atoms with Gasteiger partial charge in [-0.05, 0) is 31.4 Å². The fourth-order valence-corrected chi connectivity index (χ4v) is 4.09. The molecule has 2 aromatic carbocycles. The Balaban J connectivity index is 1.93. The molecule has 0 aliphatic carbocycles. The maximum absolute atomic E-state index is 14.2. The second kappa shape index (κ2) is 6.77. The average molecular weight is 376 g/mol. The third-order valence-corrected chi connectivity index (χ3v) is 5.27. The molecule has 4 rings (SSSR count). The predicted molar refractivity (Wildman–Crippen MR) is 101 cm³/mol. The number of rotatable bonds is 2. The summed E-state index contributed by atoms with van der Waals surface area (Å²) < 4.78 is 14.2. The van der Waals surface area contributed by atoms with E-state index >= 15 is 0 Å². The molecule has 0 bridgehead atoms. The van der Waals surface area contributed by atoms with Crippen LogP contribution in [0.25, 0.3) is 22.0 Å². The molecule has 0 atom stereocenters. The van der Waals surface area contributed by atoms with Crippen LogP contribution in [-0.2, 0) is 0 Å². The third-order valence-electron chi connectivity index (χ3n) is 4.60. The second-order valence-corrected chi connectivity index (χ2v) is 6.95. The van der Waals surface area contributed by atoms with E-state index in [0.717, 1.165) is 37.1 Å². The molecule has 6 heteroatoms. The van der Waals surface area contributed by atoms with Crippen LogP contribution in [0.3, 0.4) is 0 Å². The summed E-state index contributed by atoms with van der Waals surface area (Å²) in [5, 5.41) is 1.56. The summed E-state index contributed by atoms with van der Waals surface area (Å²) in [7, 11) is 0. The molecule has 1 aromatic heterocycles. The van der Waals surface area contributed by atoms with Crippen molar-refractivity contribution in [2.24, 2.45) is 0 Å². The zero-order chi connectivity index (χ0) is 17.4. The van der Waals surface area contributed by atoms with Crippen LogP contribution in [0.1, 0.15) is 19.3 Å². The Morgan fingerprint density at radius 3 is 2.52 bits per heavy atom. The van der Waals surface area contributed by atoms with Crippen LogP contribution in [0.2, 0.25) is 10.0 Å². The van der Waals surface area contributed by atoms with Crippen LogP contribution < -0.4 is 4.90 Å². The zero-order valence-electron chi connectivity index (χ0n) is 13.5. The van der Waals surface area contributed by atoms with Crippen LogP contribution in [0.5, 0.6) is 0 Å². The summed E-state index contributed by atoms with van der Waals surface area (Å²) in [6, 6.07) is 8.26. The molecule has 2 heterocycles. The largest absolute Gasteiger partial charge is 0.356 e. The van der Waals surface area contributed by atoms with Crippen molar-refractivity contribution >= 4 is 39.9 Å². The highest BCUT2D eigenvalue weighted by Gasteiger charge is 2.21. The SMILES string of the molecule is Fc1ccccc1-c1c(Cl)cc2c(N3CCCCC3)ncnc2c1Cl. The van der Waals surface area contributed by atoms with E-state index in [9.17, 15) is 4.39 Å². The maximum Gasteiger partial charge on any atom is 0.139 e. The molecule has 0 saturated carbocycles. The highest BCUT2D eigenvalue weighted by atomic mass is 35.5. The molecule has 1 fully saturated rings. The van der Waals surface area contributed by atoms with Gasteiger partial charge >= 0.3 is 0 Å². The average Bonchev–Trinajstić information content (AvgIpc) is 2.63. The molecule has 25 heavy (non-hydrogen) atoms. The van der Waals surface area contributed by atoms with Gasteiger partial charge < -0.3 is 4.90 Å². The lowest BCUT2D eigenvalue weighted by Crippen LogP contribution is -2.30. The molecule has 3 nitrogen and oxygen atoms in total. The summed E-state index contributed by atoms with van der Waals surface area (Å²) >= 11 is 13.1. The molecule has 0 radical (unpaired) electrons. The van der Waals surface area contributed by atoms with E-state index in [1.165, 1.54) is 18.8 Å². The lowest BCUT2D eigenvalue weighted by atomic mass is 10.0. The fraction of sp³-hybridized carbons (Fsp3) is 0.263. The predicted octanol–water partition coefficient (Wildman–Crippen LogP) is 5.73. The molecular weight excluding hydrogens is 360 g/mol. The van der Waals surface area contributed by atoms with E-state index in [4.69, 9.17) is 23.2 Å². The van der Waals surface area contributed by atoms with E-state index in [2.05, 4.69) is 14.9 Å². The Kier molecular flexibility index (Phi) is 4.48. The smallest absolute Gasteiger partial charge is 0.139 e. The van der Waals surface area contributed by atoms with Gasteiger partial charge in [-0.3, -0.25) is 0 Å². The van der Waals surface area contributed by atoms with Gasteiger partial charge in [0.25, 0.3) is 0 Å². The molecule has 3 aromatic rings. The van der Waals surface area contributed by atoms with Gasteiger partial charge in [0, 0.05) is 29.6 Å². The molecule has 0 spiro atoms. The number of halogens is 3. The van der Waals surface area contributed by atoms with Crippen molar-refractivity contribution in [2.45, 2.75) is 19.3 Å². The first-order chi connectivity index (χ1) is 12.2.